The summed E-state index contributed by atoms with van der Waals surface area (Å²) in [5.41, 5.74) is 4.42. The maximum atomic E-state index is 13.0. The Hall–Kier alpha value is -3.28. The van der Waals surface area contributed by atoms with Gasteiger partial charge in [-0.15, -0.1) is 11.8 Å². The van der Waals surface area contributed by atoms with E-state index >= 15 is 0 Å². The minimum absolute atomic E-state index is 0.0359. The zero-order valence-corrected chi connectivity index (χ0v) is 21.4. The van der Waals surface area contributed by atoms with Gasteiger partial charge in [0, 0.05) is 11.8 Å². The van der Waals surface area contributed by atoms with Crippen molar-refractivity contribution in [3.8, 4) is 0 Å². The third-order valence-corrected chi connectivity index (χ3v) is 8.21. The third-order valence-electron chi connectivity index (χ3n) is 6.47. The highest BCUT2D eigenvalue weighted by molar-refractivity contribution is 8.01. The molecule has 3 aromatic carbocycles. The summed E-state index contributed by atoms with van der Waals surface area (Å²) in [6.07, 6.45) is 3.98. The van der Waals surface area contributed by atoms with Gasteiger partial charge in [0.05, 0.1) is 17.4 Å². The Bertz CT molecular complexity index is 1070. The summed E-state index contributed by atoms with van der Waals surface area (Å²) in [4.78, 5) is 14.7. The van der Waals surface area contributed by atoms with E-state index in [1.807, 2.05) is 43.0 Å². The van der Waals surface area contributed by atoms with Crippen molar-refractivity contribution in [1.29, 1.82) is 0 Å². The Kier molecular flexibility index (Phi) is 8.68. The molecule has 2 unspecified atom stereocenters. The monoisotopic (exact) mass is 499 g/mol. The Morgan fingerprint density at radius 2 is 1.50 bits per heavy atom. The SMILES string of the molecule is C=CCOC(=O)N1CC(SC(c2ccccc2)(c2ccccc2)c2ccccc2)CC1C=C(C)CO. The smallest absolute Gasteiger partial charge is 0.410 e. The largest absolute Gasteiger partial charge is 0.445 e. The van der Waals surface area contributed by atoms with Crippen molar-refractivity contribution in [3.05, 3.63) is 132 Å². The first-order chi connectivity index (χ1) is 17.6. The molecule has 1 N–H and O–H groups in total. The van der Waals surface area contributed by atoms with Crippen molar-refractivity contribution < 1.29 is 14.6 Å². The molecule has 0 bridgehead atoms. The molecule has 5 heteroatoms. The summed E-state index contributed by atoms with van der Waals surface area (Å²) in [6, 6.07) is 31.6. The minimum atomic E-state index is -0.463. The first kappa shape index (κ1) is 25.8. The molecule has 0 aromatic heterocycles. The second kappa shape index (κ2) is 12.1. The molecule has 3 aromatic rings. The number of amides is 1. The highest BCUT2D eigenvalue weighted by Crippen LogP contribution is 2.52. The van der Waals surface area contributed by atoms with E-state index in [9.17, 15) is 9.90 Å². The fourth-order valence-electron chi connectivity index (χ4n) is 4.85. The number of rotatable bonds is 9. The second-order valence-corrected chi connectivity index (χ2v) is 10.5. The Labute approximate surface area is 218 Å². The number of aliphatic hydroxyl groups excluding tert-OH is 1. The van der Waals surface area contributed by atoms with Gasteiger partial charge in [-0.25, -0.2) is 4.79 Å². The number of thioether (sulfide) groups is 1. The highest BCUT2D eigenvalue weighted by atomic mass is 32.2. The van der Waals surface area contributed by atoms with Gasteiger partial charge in [-0.05, 0) is 30.0 Å². The summed E-state index contributed by atoms with van der Waals surface area (Å²) < 4.78 is 4.96. The van der Waals surface area contributed by atoms with E-state index in [-0.39, 0.29) is 30.6 Å². The molecule has 0 saturated carbocycles. The van der Waals surface area contributed by atoms with Gasteiger partial charge in [-0.1, -0.05) is 115 Å². The number of aliphatic hydroxyl groups is 1. The number of benzene rings is 3. The lowest BCUT2D eigenvalue weighted by Crippen LogP contribution is -2.36. The van der Waals surface area contributed by atoms with Gasteiger partial charge in [-0.2, -0.15) is 0 Å². The predicted octanol–water partition coefficient (Wildman–Crippen LogP) is 6.42. The summed E-state index contributed by atoms with van der Waals surface area (Å²) >= 11 is 1.88. The zero-order chi connectivity index (χ0) is 25.4. The molecule has 0 spiro atoms. The molecular weight excluding hydrogens is 466 g/mol. The maximum absolute atomic E-state index is 13.0. The van der Waals surface area contributed by atoms with Crippen molar-refractivity contribution in [2.75, 3.05) is 19.8 Å². The van der Waals surface area contributed by atoms with Crippen LogP contribution in [-0.4, -0.2) is 47.1 Å². The van der Waals surface area contributed by atoms with Crippen LogP contribution in [0.1, 0.15) is 30.0 Å². The summed E-state index contributed by atoms with van der Waals surface area (Å²) in [5.74, 6) is 0. The van der Waals surface area contributed by atoms with Gasteiger partial charge in [0.15, 0.2) is 0 Å². The number of hydrogen-bond donors (Lipinski definition) is 1. The zero-order valence-electron chi connectivity index (χ0n) is 20.6. The van der Waals surface area contributed by atoms with Gasteiger partial charge in [0.1, 0.15) is 6.61 Å². The van der Waals surface area contributed by atoms with E-state index in [0.717, 1.165) is 12.0 Å². The average Bonchev–Trinajstić information content (AvgIpc) is 3.33. The molecule has 2 atom stereocenters. The molecule has 36 heavy (non-hydrogen) atoms. The number of likely N-dealkylation sites (tertiary alicyclic amines) is 1. The minimum Gasteiger partial charge on any atom is -0.445 e. The van der Waals surface area contributed by atoms with E-state index < -0.39 is 4.75 Å². The predicted molar refractivity (Wildman–Crippen MR) is 148 cm³/mol. The Morgan fingerprint density at radius 1 is 1.00 bits per heavy atom. The van der Waals surface area contributed by atoms with Crippen molar-refractivity contribution in [2.24, 2.45) is 0 Å². The van der Waals surface area contributed by atoms with Crippen molar-refractivity contribution in [1.82, 2.24) is 4.90 Å². The fourth-order valence-corrected chi connectivity index (χ4v) is 6.69. The molecule has 4 rings (SSSR count). The van der Waals surface area contributed by atoms with E-state index in [0.29, 0.717) is 6.54 Å². The van der Waals surface area contributed by atoms with Crippen LogP contribution in [0.25, 0.3) is 0 Å². The van der Waals surface area contributed by atoms with Crippen LogP contribution < -0.4 is 0 Å². The summed E-state index contributed by atoms with van der Waals surface area (Å²) in [6.45, 7) is 6.23. The molecule has 1 fully saturated rings. The number of carbonyl (C=O) groups excluding carboxylic acids is 1. The molecule has 186 valence electrons. The first-order valence-electron chi connectivity index (χ1n) is 12.2. The van der Waals surface area contributed by atoms with Gasteiger partial charge in [-0.3, -0.25) is 0 Å². The van der Waals surface area contributed by atoms with Crippen LogP contribution in [-0.2, 0) is 9.48 Å². The molecule has 1 aliphatic rings. The number of ether oxygens (including phenoxy) is 1. The van der Waals surface area contributed by atoms with Gasteiger partial charge >= 0.3 is 6.09 Å². The van der Waals surface area contributed by atoms with Crippen LogP contribution in [0.3, 0.4) is 0 Å². The van der Waals surface area contributed by atoms with E-state index in [1.54, 1.807) is 11.0 Å². The van der Waals surface area contributed by atoms with Gasteiger partial charge in [0.25, 0.3) is 0 Å². The molecule has 0 aliphatic carbocycles. The first-order valence-corrected chi connectivity index (χ1v) is 13.1. The topological polar surface area (TPSA) is 49.8 Å². The number of carbonyl (C=O) groups is 1. The van der Waals surface area contributed by atoms with Gasteiger partial charge < -0.3 is 14.7 Å². The van der Waals surface area contributed by atoms with E-state index in [1.165, 1.54) is 16.7 Å². The molecule has 1 amide bonds. The van der Waals surface area contributed by atoms with Crippen LogP contribution >= 0.6 is 11.8 Å². The van der Waals surface area contributed by atoms with Crippen molar-refractivity contribution >= 4 is 17.9 Å². The lowest BCUT2D eigenvalue weighted by atomic mass is 9.84. The summed E-state index contributed by atoms with van der Waals surface area (Å²) in [5, 5.41) is 9.77. The molecular formula is C31H33NO3S. The molecule has 1 heterocycles. The van der Waals surface area contributed by atoms with Crippen LogP contribution in [0.15, 0.2) is 115 Å². The number of hydrogen-bond acceptors (Lipinski definition) is 4. The molecule has 1 aliphatic heterocycles. The molecule has 4 nitrogen and oxygen atoms in total. The van der Waals surface area contributed by atoms with Crippen LogP contribution in [0, 0.1) is 0 Å². The lowest BCUT2D eigenvalue weighted by molar-refractivity contribution is 0.114. The van der Waals surface area contributed by atoms with Crippen molar-refractivity contribution in [3.63, 3.8) is 0 Å². The maximum Gasteiger partial charge on any atom is 0.410 e. The normalized spacial score (nSPS) is 18.2. The third kappa shape index (κ3) is 5.58. The van der Waals surface area contributed by atoms with Crippen LogP contribution in [0.5, 0.6) is 0 Å². The van der Waals surface area contributed by atoms with Crippen molar-refractivity contribution in [2.45, 2.75) is 29.4 Å². The van der Waals surface area contributed by atoms with E-state index in [2.05, 4.69) is 79.4 Å². The number of nitrogens with zero attached hydrogens (tertiary/aromatic N) is 1. The quantitative estimate of drug-likeness (QED) is 0.273. The average molecular weight is 500 g/mol. The highest BCUT2D eigenvalue weighted by Gasteiger charge is 2.44. The summed E-state index contributed by atoms with van der Waals surface area (Å²) in [7, 11) is 0. The molecule has 1 saturated heterocycles. The van der Waals surface area contributed by atoms with Crippen LogP contribution in [0.4, 0.5) is 4.79 Å². The lowest BCUT2D eigenvalue weighted by Gasteiger charge is -2.37. The van der Waals surface area contributed by atoms with E-state index in [4.69, 9.17) is 4.74 Å². The van der Waals surface area contributed by atoms with Crippen LogP contribution in [0.2, 0.25) is 0 Å². The molecule has 0 radical (unpaired) electrons. The Morgan fingerprint density at radius 3 is 1.94 bits per heavy atom. The standard InChI is InChI=1S/C31H33NO3S/c1-3-19-35-30(34)32-22-29(21-28(32)20-24(2)23-33)36-31(25-13-7-4-8-14-25,26-15-9-5-10-16-26)27-17-11-6-12-18-27/h3-18,20,28-29,33H,1,19,21-23H2,2H3. The Balaban J connectivity index is 1.78. The van der Waals surface area contributed by atoms with Gasteiger partial charge in [0.2, 0.25) is 0 Å². The fraction of sp³-hybridized carbons (Fsp3) is 0.258. The second-order valence-electron chi connectivity index (χ2n) is 9.01.